The second kappa shape index (κ2) is 5.63. The van der Waals surface area contributed by atoms with Crippen LogP contribution in [0.2, 0.25) is 0 Å². The summed E-state index contributed by atoms with van der Waals surface area (Å²) in [5, 5.41) is 10.3. The average molecular weight is 477 g/mol. The summed E-state index contributed by atoms with van der Waals surface area (Å²) in [6.45, 7) is 11.0. The molecule has 2 aliphatic heterocycles. The fraction of sp³-hybridized carbons (Fsp3) is 0.733. The van der Waals surface area contributed by atoms with E-state index < -0.39 is 22.9 Å². The highest BCUT2D eigenvalue weighted by Crippen LogP contribution is 2.81. The van der Waals surface area contributed by atoms with Crippen LogP contribution in [0.4, 0.5) is 0 Å². The molecule has 4 fully saturated rings. The van der Waals surface area contributed by atoms with Gasteiger partial charge in [0.25, 0.3) is 0 Å². The lowest BCUT2D eigenvalue weighted by molar-refractivity contribution is -0.267. The molecule has 2 saturated heterocycles. The number of fused-ring (bicyclic) bond motifs is 2. The van der Waals surface area contributed by atoms with E-state index in [1.807, 2.05) is 0 Å². The first-order valence-corrected chi connectivity index (χ1v) is 13.6. The topological polar surface area (TPSA) is 72.8 Å². The minimum Gasteiger partial charge on any atom is -0.396 e. The molecule has 0 aromatic heterocycles. The van der Waals surface area contributed by atoms with E-state index in [0.29, 0.717) is 25.7 Å². The number of rotatable bonds is 1. The lowest BCUT2D eigenvalue weighted by Crippen LogP contribution is -2.68. The minimum absolute atomic E-state index is 0.00974. The molecule has 2 heterocycles. The number of aliphatic hydroxyl groups is 1. The van der Waals surface area contributed by atoms with E-state index in [0.717, 1.165) is 41.6 Å². The number of carbonyl (C=O) groups is 2. The van der Waals surface area contributed by atoms with Gasteiger partial charge in [0.2, 0.25) is 0 Å². The van der Waals surface area contributed by atoms with Crippen LogP contribution < -0.4 is 0 Å². The molecule has 6 aliphatic carbocycles. The maximum Gasteiger partial charge on any atom is 0.185 e. The molecule has 0 radical (unpaired) electrons. The van der Waals surface area contributed by atoms with Crippen LogP contribution in [0.25, 0.3) is 0 Å². The minimum atomic E-state index is -0.990. The first-order chi connectivity index (χ1) is 16.4. The standard InChI is InChI=1S/C30H36O5/c1-15-18-12-26(4,14-31)13-30(18)24(33)29(28(15)8-9-28)7-6-16-20-21(29)23(35-30)34-27(20,5)19-11-25(2,3)10-17(19)22(16)32/h10,19,21,23,31H,6-9,11-14H2,1-5H3/t19-,21+,23+,26-,27-,29+,30-/m1/s1. The summed E-state index contributed by atoms with van der Waals surface area (Å²) in [7, 11) is 0. The Morgan fingerprint density at radius 3 is 2.51 bits per heavy atom. The van der Waals surface area contributed by atoms with Gasteiger partial charge in [-0.25, -0.2) is 0 Å². The molecule has 35 heavy (non-hydrogen) atoms. The van der Waals surface area contributed by atoms with E-state index in [4.69, 9.17) is 9.47 Å². The Bertz CT molecular complexity index is 1260. The molecule has 1 N–H and O–H groups in total. The number of Topliss-reactive ketones (excluding diaryl/α,β-unsaturated/α-hetero) is 2. The molecule has 0 aromatic carbocycles. The third kappa shape index (κ3) is 2.01. The van der Waals surface area contributed by atoms with Crippen LogP contribution in [0.15, 0.2) is 33.9 Å². The van der Waals surface area contributed by atoms with E-state index in [2.05, 4.69) is 40.7 Å². The largest absolute Gasteiger partial charge is 0.396 e. The maximum atomic E-state index is 14.9. The van der Waals surface area contributed by atoms with E-state index in [9.17, 15) is 14.7 Å². The van der Waals surface area contributed by atoms with Gasteiger partial charge in [0.05, 0.1) is 11.0 Å². The zero-order valence-corrected chi connectivity index (χ0v) is 21.5. The van der Waals surface area contributed by atoms with Gasteiger partial charge in [0, 0.05) is 35.0 Å². The molecule has 2 bridgehead atoms. The third-order valence-corrected chi connectivity index (χ3v) is 12.0. The van der Waals surface area contributed by atoms with Gasteiger partial charge in [0.15, 0.2) is 23.5 Å². The third-order valence-electron chi connectivity index (χ3n) is 12.0. The second-order valence-electron chi connectivity index (χ2n) is 14.4. The fourth-order valence-corrected chi connectivity index (χ4v) is 10.5. The molecule has 0 unspecified atom stereocenters. The van der Waals surface area contributed by atoms with Crippen LogP contribution in [0.1, 0.15) is 79.6 Å². The number of allylic oxidation sites excluding steroid dienone is 3. The molecular formula is C30H36O5. The van der Waals surface area contributed by atoms with Crippen molar-refractivity contribution in [3.8, 4) is 0 Å². The molecule has 0 aromatic rings. The maximum absolute atomic E-state index is 14.9. The van der Waals surface area contributed by atoms with E-state index in [1.54, 1.807) is 0 Å². The normalized spacial score (nSPS) is 51.5. The molecule has 5 nitrogen and oxygen atoms in total. The van der Waals surface area contributed by atoms with Crippen molar-refractivity contribution >= 4 is 11.6 Å². The van der Waals surface area contributed by atoms with Gasteiger partial charge in [-0.3, -0.25) is 9.59 Å². The monoisotopic (exact) mass is 476 g/mol. The fourth-order valence-electron chi connectivity index (χ4n) is 10.5. The molecule has 7 atom stereocenters. The molecule has 0 amide bonds. The summed E-state index contributed by atoms with van der Waals surface area (Å²) in [6, 6.07) is 0. The summed E-state index contributed by atoms with van der Waals surface area (Å²) in [5.74, 6) is 0.266. The molecule has 5 heteroatoms. The van der Waals surface area contributed by atoms with Crippen LogP contribution in [0.5, 0.6) is 0 Å². The Kier molecular flexibility index (Phi) is 3.46. The van der Waals surface area contributed by atoms with Crippen molar-refractivity contribution in [1.82, 2.24) is 0 Å². The molecule has 2 saturated carbocycles. The number of carbonyl (C=O) groups excluding carboxylic acids is 2. The smallest absolute Gasteiger partial charge is 0.185 e. The summed E-state index contributed by atoms with van der Waals surface area (Å²) < 4.78 is 14.0. The van der Waals surface area contributed by atoms with Crippen LogP contribution in [0.3, 0.4) is 0 Å². The number of hydrogen-bond acceptors (Lipinski definition) is 5. The van der Waals surface area contributed by atoms with Gasteiger partial charge in [0.1, 0.15) is 0 Å². The van der Waals surface area contributed by atoms with Crippen molar-refractivity contribution in [3.63, 3.8) is 0 Å². The Morgan fingerprint density at radius 2 is 1.83 bits per heavy atom. The Morgan fingerprint density at radius 1 is 1.09 bits per heavy atom. The van der Waals surface area contributed by atoms with Crippen molar-refractivity contribution in [2.45, 2.75) is 97.1 Å². The molecule has 3 spiro atoms. The van der Waals surface area contributed by atoms with Crippen LogP contribution in [0, 0.1) is 33.5 Å². The van der Waals surface area contributed by atoms with Gasteiger partial charge < -0.3 is 14.6 Å². The number of ether oxygens (including phenoxy) is 2. The second-order valence-corrected chi connectivity index (χ2v) is 14.4. The van der Waals surface area contributed by atoms with Crippen molar-refractivity contribution in [2.24, 2.45) is 33.5 Å². The number of aliphatic hydroxyl groups excluding tert-OH is 1. The summed E-state index contributed by atoms with van der Waals surface area (Å²) in [5.41, 5.74) is 2.69. The van der Waals surface area contributed by atoms with Gasteiger partial charge in [-0.1, -0.05) is 32.4 Å². The molecule has 8 aliphatic rings. The quantitative estimate of drug-likeness (QED) is 0.561. The highest BCUT2D eigenvalue weighted by atomic mass is 16.7. The SMILES string of the molecule is CC1=C2C[C@@](C)(CO)C[C@@]23O[C@@H]2O[C@@]4(C)C5=C(CC[C@@](C3=O)([C@@H]52)C12CC2)C(=O)C1=CC(C)(C)C[C@H]14. The van der Waals surface area contributed by atoms with Crippen molar-refractivity contribution in [3.05, 3.63) is 33.9 Å². The molecular weight excluding hydrogens is 440 g/mol. The highest BCUT2D eigenvalue weighted by molar-refractivity contribution is 6.12. The van der Waals surface area contributed by atoms with Crippen LogP contribution in [-0.2, 0) is 19.1 Å². The lowest BCUT2D eigenvalue weighted by Gasteiger charge is -2.60. The molecule has 186 valence electrons. The number of hydrogen-bond donors (Lipinski definition) is 1. The summed E-state index contributed by atoms with van der Waals surface area (Å²) >= 11 is 0. The van der Waals surface area contributed by atoms with E-state index in [1.165, 1.54) is 5.57 Å². The summed E-state index contributed by atoms with van der Waals surface area (Å²) in [6.07, 6.45) is 7.21. The van der Waals surface area contributed by atoms with Gasteiger partial charge >= 0.3 is 0 Å². The lowest BCUT2D eigenvalue weighted by atomic mass is 9.44. The van der Waals surface area contributed by atoms with E-state index in [-0.39, 0.29) is 46.3 Å². The van der Waals surface area contributed by atoms with Gasteiger partial charge in [-0.05, 0) is 80.8 Å². The molecule has 8 rings (SSSR count). The Balaban J connectivity index is 1.38. The average Bonchev–Trinajstić information content (AvgIpc) is 3.36. The van der Waals surface area contributed by atoms with Crippen molar-refractivity contribution in [1.29, 1.82) is 0 Å². The predicted molar refractivity (Wildman–Crippen MR) is 128 cm³/mol. The van der Waals surface area contributed by atoms with Crippen LogP contribution >= 0.6 is 0 Å². The van der Waals surface area contributed by atoms with Crippen molar-refractivity contribution in [2.75, 3.05) is 6.61 Å². The van der Waals surface area contributed by atoms with Gasteiger partial charge in [-0.15, -0.1) is 0 Å². The summed E-state index contributed by atoms with van der Waals surface area (Å²) in [4.78, 5) is 28.8. The zero-order valence-electron chi connectivity index (χ0n) is 21.5. The Labute approximate surface area is 207 Å². The van der Waals surface area contributed by atoms with Gasteiger partial charge in [-0.2, -0.15) is 0 Å². The number of ketones is 2. The van der Waals surface area contributed by atoms with E-state index >= 15 is 0 Å². The Hall–Kier alpha value is -1.56. The highest BCUT2D eigenvalue weighted by Gasteiger charge is 2.83. The first kappa shape index (κ1) is 21.5. The van der Waals surface area contributed by atoms with Crippen molar-refractivity contribution < 1.29 is 24.2 Å². The first-order valence-electron chi connectivity index (χ1n) is 13.6. The predicted octanol–water partition coefficient (Wildman–Crippen LogP) is 4.59. The zero-order chi connectivity index (χ0) is 24.6. The van der Waals surface area contributed by atoms with Crippen LogP contribution in [-0.4, -0.2) is 40.8 Å².